The summed E-state index contributed by atoms with van der Waals surface area (Å²) in [5.74, 6) is 0.185. The van der Waals surface area contributed by atoms with Crippen molar-refractivity contribution in [2.24, 2.45) is 11.7 Å². The molecule has 0 radical (unpaired) electrons. The molecule has 0 aromatic heterocycles. The van der Waals surface area contributed by atoms with Crippen LogP contribution in [0.25, 0.3) is 0 Å². The normalized spacial score (nSPS) is 35.4. The highest BCUT2D eigenvalue weighted by Crippen LogP contribution is 2.28. The highest BCUT2D eigenvalue weighted by molar-refractivity contribution is 5.80. The van der Waals surface area contributed by atoms with Crippen molar-refractivity contribution in [3.05, 3.63) is 0 Å². The van der Waals surface area contributed by atoms with Gasteiger partial charge in [0.1, 0.15) is 0 Å². The van der Waals surface area contributed by atoms with Gasteiger partial charge in [0.15, 0.2) is 0 Å². The number of hydrogen-bond acceptors (Lipinski definition) is 3. The monoisotopic (exact) mass is 226 g/mol. The van der Waals surface area contributed by atoms with E-state index in [0.717, 1.165) is 45.1 Å². The predicted molar refractivity (Wildman–Crippen MR) is 61.8 cm³/mol. The van der Waals surface area contributed by atoms with E-state index in [1.807, 2.05) is 4.90 Å². The molecule has 1 saturated heterocycles. The molecule has 3 N–H and O–H groups in total. The molecule has 1 aliphatic carbocycles. The number of amides is 1. The molecule has 2 unspecified atom stereocenters. The van der Waals surface area contributed by atoms with E-state index >= 15 is 0 Å². The number of likely N-dealkylation sites (tertiary alicyclic amines) is 1. The number of rotatable bonds is 2. The van der Waals surface area contributed by atoms with Gasteiger partial charge in [0.2, 0.25) is 5.91 Å². The van der Waals surface area contributed by atoms with Gasteiger partial charge >= 0.3 is 0 Å². The first-order valence-electron chi connectivity index (χ1n) is 6.41. The lowest BCUT2D eigenvalue weighted by molar-refractivity contribution is -0.138. The van der Waals surface area contributed by atoms with Crippen molar-refractivity contribution in [3.63, 3.8) is 0 Å². The zero-order chi connectivity index (χ0) is 11.5. The fourth-order valence-electron chi connectivity index (χ4n) is 2.99. The van der Waals surface area contributed by atoms with Crippen molar-refractivity contribution in [3.8, 4) is 0 Å². The molecular weight excluding hydrogens is 204 g/mol. The summed E-state index contributed by atoms with van der Waals surface area (Å²) in [5.41, 5.74) is 6.02. The van der Waals surface area contributed by atoms with Gasteiger partial charge in [-0.15, -0.1) is 0 Å². The van der Waals surface area contributed by atoms with E-state index < -0.39 is 0 Å². The second-order valence-electron chi connectivity index (χ2n) is 5.07. The Kier molecular flexibility index (Phi) is 3.82. The van der Waals surface area contributed by atoms with E-state index in [9.17, 15) is 9.90 Å². The Hall–Kier alpha value is -0.610. The van der Waals surface area contributed by atoms with Gasteiger partial charge in [-0.05, 0) is 25.7 Å². The third-order valence-electron chi connectivity index (χ3n) is 4.01. The predicted octanol–water partition coefficient (Wildman–Crippen LogP) is 0.487. The van der Waals surface area contributed by atoms with Crippen LogP contribution in [0.4, 0.5) is 0 Å². The van der Waals surface area contributed by atoms with Crippen LogP contribution in [-0.2, 0) is 4.79 Å². The molecule has 1 aliphatic heterocycles. The average Bonchev–Trinajstić information content (AvgIpc) is 2.77. The molecule has 1 heterocycles. The van der Waals surface area contributed by atoms with Crippen LogP contribution >= 0.6 is 0 Å². The lowest BCUT2D eigenvalue weighted by Crippen LogP contribution is -2.48. The number of aliphatic hydroxyl groups is 1. The molecule has 1 saturated carbocycles. The van der Waals surface area contributed by atoms with E-state index in [2.05, 4.69) is 0 Å². The number of hydrogen-bond donors (Lipinski definition) is 2. The Morgan fingerprint density at radius 2 is 2.00 bits per heavy atom. The molecule has 0 spiro atoms. The van der Waals surface area contributed by atoms with E-state index in [1.165, 1.54) is 0 Å². The molecule has 16 heavy (non-hydrogen) atoms. The van der Waals surface area contributed by atoms with Gasteiger partial charge in [0.05, 0.1) is 18.6 Å². The van der Waals surface area contributed by atoms with Crippen LogP contribution in [-0.4, -0.2) is 41.1 Å². The molecule has 0 aromatic rings. The van der Waals surface area contributed by atoms with Gasteiger partial charge in [-0.25, -0.2) is 0 Å². The van der Waals surface area contributed by atoms with Crippen LogP contribution in [0.2, 0.25) is 0 Å². The zero-order valence-electron chi connectivity index (χ0n) is 9.77. The SMILES string of the molecule is NC1CCCCC1C(=O)N1CCC[C@H]1CO. The number of aliphatic hydroxyl groups excluding tert-OH is 1. The first kappa shape index (κ1) is 11.9. The van der Waals surface area contributed by atoms with Crippen LogP contribution in [0.5, 0.6) is 0 Å². The topological polar surface area (TPSA) is 66.6 Å². The minimum atomic E-state index is 0.000833. The Labute approximate surface area is 96.8 Å². The fourth-order valence-corrected chi connectivity index (χ4v) is 2.99. The summed E-state index contributed by atoms with van der Waals surface area (Å²) >= 11 is 0. The number of carbonyl (C=O) groups excluding carboxylic acids is 1. The highest BCUT2D eigenvalue weighted by Gasteiger charge is 2.36. The van der Waals surface area contributed by atoms with Crippen molar-refractivity contribution in [2.45, 2.75) is 50.6 Å². The quantitative estimate of drug-likeness (QED) is 0.720. The standard InChI is InChI=1S/C12H22N2O2/c13-11-6-2-1-5-10(11)12(16)14-7-3-4-9(14)8-15/h9-11,15H,1-8,13H2/t9-,10?,11?/m0/s1. The Morgan fingerprint density at radius 3 is 2.69 bits per heavy atom. The van der Waals surface area contributed by atoms with Gasteiger partial charge in [-0.1, -0.05) is 12.8 Å². The summed E-state index contributed by atoms with van der Waals surface area (Å²) in [5, 5.41) is 9.22. The third kappa shape index (κ3) is 2.23. The van der Waals surface area contributed by atoms with Crippen LogP contribution in [0.1, 0.15) is 38.5 Å². The van der Waals surface area contributed by atoms with Crippen molar-refractivity contribution in [1.82, 2.24) is 4.90 Å². The van der Waals surface area contributed by atoms with Gasteiger partial charge in [-0.3, -0.25) is 4.79 Å². The minimum Gasteiger partial charge on any atom is -0.394 e. The number of carbonyl (C=O) groups is 1. The Morgan fingerprint density at radius 1 is 1.25 bits per heavy atom. The van der Waals surface area contributed by atoms with Crippen molar-refractivity contribution in [1.29, 1.82) is 0 Å². The van der Waals surface area contributed by atoms with Gasteiger partial charge in [0.25, 0.3) is 0 Å². The number of nitrogens with two attached hydrogens (primary N) is 1. The summed E-state index contributed by atoms with van der Waals surface area (Å²) in [4.78, 5) is 14.2. The third-order valence-corrected chi connectivity index (χ3v) is 4.01. The molecule has 1 amide bonds. The lowest BCUT2D eigenvalue weighted by Gasteiger charge is -2.33. The molecule has 0 aromatic carbocycles. The molecule has 4 nitrogen and oxygen atoms in total. The Bertz CT molecular complexity index is 253. The zero-order valence-corrected chi connectivity index (χ0v) is 9.77. The van der Waals surface area contributed by atoms with Gasteiger partial charge < -0.3 is 15.7 Å². The summed E-state index contributed by atoms with van der Waals surface area (Å²) in [6.07, 6.45) is 6.10. The molecule has 4 heteroatoms. The van der Waals surface area contributed by atoms with E-state index in [-0.39, 0.29) is 30.5 Å². The first-order valence-corrected chi connectivity index (χ1v) is 6.41. The van der Waals surface area contributed by atoms with Crippen LogP contribution in [0.15, 0.2) is 0 Å². The average molecular weight is 226 g/mol. The lowest BCUT2D eigenvalue weighted by atomic mass is 9.84. The molecule has 2 aliphatic rings. The van der Waals surface area contributed by atoms with Crippen molar-refractivity contribution >= 4 is 5.91 Å². The van der Waals surface area contributed by atoms with E-state index in [1.54, 1.807) is 0 Å². The minimum absolute atomic E-state index is 0.000833. The Balaban J connectivity index is 2.00. The molecule has 2 fully saturated rings. The fraction of sp³-hybridized carbons (Fsp3) is 0.917. The van der Waals surface area contributed by atoms with Crippen LogP contribution < -0.4 is 5.73 Å². The second-order valence-corrected chi connectivity index (χ2v) is 5.07. The second kappa shape index (κ2) is 5.15. The van der Waals surface area contributed by atoms with Gasteiger partial charge in [-0.2, -0.15) is 0 Å². The molecule has 92 valence electrons. The molecule has 0 bridgehead atoms. The first-order chi connectivity index (χ1) is 7.74. The maximum absolute atomic E-state index is 12.3. The number of nitrogens with zero attached hydrogens (tertiary/aromatic N) is 1. The van der Waals surface area contributed by atoms with E-state index in [0.29, 0.717) is 0 Å². The molecular formula is C12H22N2O2. The summed E-state index contributed by atoms with van der Waals surface area (Å²) in [7, 11) is 0. The smallest absolute Gasteiger partial charge is 0.227 e. The summed E-state index contributed by atoms with van der Waals surface area (Å²) < 4.78 is 0. The largest absolute Gasteiger partial charge is 0.394 e. The van der Waals surface area contributed by atoms with Crippen LogP contribution in [0, 0.1) is 5.92 Å². The van der Waals surface area contributed by atoms with Crippen LogP contribution in [0.3, 0.4) is 0 Å². The van der Waals surface area contributed by atoms with E-state index in [4.69, 9.17) is 5.73 Å². The summed E-state index contributed by atoms with van der Waals surface area (Å²) in [6.45, 7) is 0.890. The molecule has 2 rings (SSSR count). The van der Waals surface area contributed by atoms with Crippen molar-refractivity contribution < 1.29 is 9.90 Å². The summed E-state index contributed by atoms with van der Waals surface area (Å²) in [6, 6.07) is 0.0721. The van der Waals surface area contributed by atoms with Crippen molar-refractivity contribution in [2.75, 3.05) is 13.2 Å². The maximum atomic E-state index is 12.3. The molecule has 3 atom stereocenters. The van der Waals surface area contributed by atoms with Gasteiger partial charge in [0, 0.05) is 12.6 Å². The highest BCUT2D eigenvalue weighted by atomic mass is 16.3. The maximum Gasteiger partial charge on any atom is 0.227 e.